The first-order chi connectivity index (χ1) is 9.25. The van der Waals surface area contributed by atoms with Crippen molar-refractivity contribution in [1.82, 2.24) is 0 Å². The van der Waals surface area contributed by atoms with Crippen molar-refractivity contribution in [3.63, 3.8) is 0 Å². The smallest absolute Gasteiger partial charge is 0.196 e. The molecule has 5 nitrogen and oxygen atoms in total. The van der Waals surface area contributed by atoms with Crippen LogP contribution in [-0.2, 0) is 4.74 Å². The molecule has 0 aliphatic carbocycles. The molecule has 0 radical (unpaired) electrons. The Morgan fingerprint density at radius 3 is 2.89 bits per heavy atom. The van der Waals surface area contributed by atoms with Crippen molar-refractivity contribution in [2.24, 2.45) is 10.7 Å². The third-order valence-electron chi connectivity index (χ3n) is 3.97. The van der Waals surface area contributed by atoms with Crippen molar-refractivity contribution in [2.45, 2.75) is 18.4 Å². The van der Waals surface area contributed by atoms with Crippen molar-refractivity contribution in [3.05, 3.63) is 24.3 Å². The molecule has 0 atom stereocenters. The highest BCUT2D eigenvalue weighted by Gasteiger charge is 2.44. The van der Waals surface area contributed by atoms with Gasteiger partial charge in [0.1, 0.15) is 5.75 Å². The van der Waals surface area contributed by atoms with E-state index in [4.69, 9.17) is 15.2 Å². The molecule has 1 fully saturated rings. The zero-order valence-electron chi connectivity index (χ0n) is 11.1. The highest BCUT2D eigenvalue weighted by molar-refractivity contribution is 5.98. The lowest BCUT2D eigenvalue weighted by Gasteiger charge is -2.41. The number of hydrogen-bond acceptors (Lipinski definition) is 5. The summed E-state index contributed by atoms with van der Waals surface area (Å²) in [5.74, 6) is 1.43. The van der Waals surface area contributed by atoms with Crippen LogP contribution in [0, 0.1) is 0 Å². The van der Waals surface area contributed by atoms with Crippen LogP contribution in [0.3, 0.4) is 0 Å². The predicted octanol–water partition coefficient (Wildman–Crippen LogP) is 1.38. The third-order valence-corrected chi connectivity index (χ3v) is 3.97. The first-order valence-electron chi connectivity index (χ1n) is 6.57. The topological polar surface area (TPSA) is 60.1 Å². The molecule has 2 heterocycles. The first kappa shape index (κ1) is 12.3. The summed E-state index contributed by atoms with van der Waals surface area (Å²) in [5.41, 5.74) is 7.12. The molecule has 102 valence electrons. The summed E-state index contributed by atoms with van der Waals surface area (Å²) < 4.78 is 10.8. The Morgan fingerprint density at radius 2 is 2.16 bits per heavy atom. The largest absolute Gasteiger partial charge is 0.497 e. The fourth-order valence-corrected chi connectivity index (χ4v) is 2.90. The van der Waals surface area contributed by atoms with Crippen LogP contribution in [0.2, 0.25) is 0 Å². The Balaban J connectivity index is 1.97. The summed E-state index contributed by atoms with van der Waals surface area (Å²) in [6.07, 6.45) is 1.91. The molecule has 2 aliphatic rings. The van der Waals surface area contributed by atoms with Gasteiger partial charge in [-0.25, -0.2) is 0 Å². The number of anilines is 1. The second kappa shape index (κ2) is 4.74. The van der Waals surface area contributed by atoms with Gasteiger partial charge in [0.15, 0.2) is 5.96 Å². The van der Waals surface area contributed by atoms with Crippen LogP contribution in [0.1, 0.15) is 12.8 Å². The highest BCUT2D eigenvalue weighted by Crippen LogP contribution is 2.37. The quantitative estimate of drug-likeness (QED) is 0.873. The highest BCUT2D eigenvalue weighted by atomic mass is 16.5. The van der Waals surface area contributed by atoms with Crippen LogP contribution < -0.4 is 15.4 Å². The van der Waals surface area contributed by atoms with Crippen LogP contribution in [0.5, 0.6) is 5.75 Å². The monoisotopic (exact) mass is 261 g/mol. The number of rotatable bonds is 2. The van der Waals surface area contributed by atoms with Crippen LogP contribution in [0.4, 0.5) is 5.69 Å². The fourth-order valence-electron chi connectivity index (χ4n) is 2.90. The predicted molar refractivity (Wildman–Crippen MR) is 74.7 cm³/mol. The fraction of sp³-hybridized carbons (Fsp3) is 0.500. The van der Waals surface area contributed by atoms with Gasteiger partial charge in [-0.3, -0.25) is 4.99 Å². The second-order valence-electron chi connectivity index (χ2n) is 5.05. The van der Waals surface area contributed by atoms with Crippen molar-refractivity contribution < 1.29 is 9.47 Å². The molecule has 5 heteroatoms. The zero-order valence-corrected chi connectivity index (χ0v) is 11.1. The number of benzene rings is 1. The number of nitrogens with zero attached hydrogens (tertiary/aromatic N) is 2. The molecule has 1 aromatic rings. The molecule has 1 spiro atoms. The van der Waals surface area contributed by atoms with E-state index in [0.717, 1.165) is 44.0 Å². The van der Waals surface area contributed by atoms with Crippen molar-refractivity contribution in [1.29, 1.82) is 0 Å². The van der Waals surface area contributed by atoms with Crippen LogP contribution >= 0.6 is 0 Å². The lowest BCUT2D eigenvalue weighted by atomic mass is 9.88. The van der Waals surface area contributed by atoms with E-state index in [2.05, 4.69) is 9.89 Å². The van der Waals surface area contributed by atoms with Gasteiger partial charge in [-0.15, -0.1) is 0 Å². The Hall–Kier alpha value is -1.75. The molecule has 19 heavy (non-hydrogen) atoms. The minimum Gasteiger partial charge on any atom is -0.497 e. The maximum atomic E-state index is 6.10. The molecule has 0 saturated carbocycles. The number of ether oxygens (including phenoxy) is 2. The lowest BCUT2D eigenvalue weighted by Crippen LogP contribution is -2.54. The van der Waals surface area contributed by atoms with Crippen molar-refractivity contribution in [2.75, 3.05) is 31.8 Å². The average Bonchev–Trinajstić information content (AvgIpc) is 2.76. The molecule has 3 rings (SSSR count). The normalized spacial score (nSPS) is 21.5. The Labute approximate surface area is 113 Å². The van der Waals surface area contributed by atoms with Gasteiger partial charge in [0, 0.05) is 25.0 Å². The molecule has 2 aliphatic heterocycles. The van der Waals surface area contributed by atoms with E-state index in [1.165, 1.54) is 0 Å². The van der Waals surface area contributed by atoms with E-state index >= 15 is 0 Å². The standard InChI is InChI=1S/C14H19N3O2/c1-18-12-4-2-3-11(9-12)17-13(15)16-10-14(17)5-7-19-8-6-14/h2-4,9H,5-8,10H2,1H3,(H2,15,16). The molecular weight excluding hydrogens is 242 g/mol. The number of aliphatic imine (C=N–C) groups is 1. The average molecular weight is 261 g/mol. The molecule has 0 amide bonds. The van der Waals surface area contributed by atoms with Crippen LogP contribution in [0.15, 0.2) is 29.3 Å². The van der Waals surface area contributed by atoms with Gasteiger partial charge >= 0.3 is 0 Å². The third kappa shape index (κ3) is 2.04. The molecule has 0 unspecified atom stereocenters. The summed E-state index contributed by atoms with van der Waals surface area (Å²) in [4.78, 5) is 6.60. The number of hydrogen-bond donors (Lipinski definition) is 1. The Bertz CT molecular complexity index is 495. The van der Waals surface area contributed by atoms with E-state index < -0.39 is 0 Å². The summed E-state index contributed by atoms with van der Waals surface area (Å²) in [7, 11) is 1.67. The molecule has 2 N–H and O–H groups in total. The number of methoxy groups -OCH3 is 1. The minimum absolute atomic E-state index is 0.0191. The van der Waals surface area contributed by atoms with Gasteiger partial charge in [0.05, 0.1) is 19.2 Å². The van der Waals surface area contributed by atoms with Gasteiger partial charge in [-0.1, -0.05) is 6.07 Å². The summed E-state index contributed by atoms with van der Waals surface area (Å²) in [6.45, 7) is 2.28. The van der Waals surface area contributed by atoms with E-state index in [-0.39, 0.29) is 5.54 Å². The molecule has 1 saturated heterocycles. The molecular formula is C14H19N3O2. The van der Waals surface area contributed by atoms with Gasteiger partial charge in [-0.2, -0.15) is 0 Å². The minimum atomic E-state index is -0.0191. The molecule has 1 aromatic carbocycles. The van der Waals surface area contributed by atoms with Crippen molar-refractivity contribution >= 4 is 11.6 Å². The SMILES string of the molecule is COc1cccc(N2C(N)=NCC23CCOCC3)c1. The van der Waals surface area contributed by atoms with E-state index in [1.807, 2.05) is 24.3 Å². The van der Waals surface area contributed by atoms with Gasteiger partial charge < -0.3 is 20.1 Å². The number of guanidine groups is 1. The maximum absolute atomic E-state index is 6.10. The van der Waals surface area contributed by atoms with Gasteiger partial charge in [-0.05, 0) is 25.0 Å². The van der Waals surface area contributed by atoms with Gasteiger partial charge in [0.2, 0.25) is 0 Å². The summed E-state index contributed by atoms with van der Waals surface area (Å²) in [5, 5.41) is 0. The Kier molecular flexibility index (Phi) is 3.06. The second-order valence-corrected chi connectivity index (χ2v) is 5.05. The first-order valence-corrected chi connectivity index (χ1v) is 6.57. The molecule has 0 aromatic heterocycles. The summed E-state index contributed by atoms with van der Waals surface area (Å²) in [6, 6.07) is 7.97. The maximum Gasteiger partial charge on any atom is 0.196 e. The Morgan fingerprint density at radius 1 is 1.37 bits per heavy atom. The molecule has 0 bridgehead atoms. The lowest BCUT2D eigenvalue weighted by molar-refractivity contribution is 0.0594. The zero-order chi connectivity index (χ0) is 13.3. The summed E-state index contributed by atoms with van der Waals surface area (Å²) >= 11 is 0. The van der Waals surface area contributed by atoms with E-state index in [0.29, 0.717) is 5.96 Å². The van der Waals surface area contributed by atoms with Crippen molar-refractivity contribution in [3.8, 4) is 5.75 Å². The number of nitrogens with two attached hydrogens (primary N) is 1. The van der Waals surface area contributed by atoms with Gasteiger partial charge in [0.25, 0.3) is 0 Å². The van der Waals surface area contributed by atoms with Crippen LogP contribution in [0.25, 0.3) is 0 Å². The van der Waals surface area contributed by atoms with E-state index in [1.54, 1.807) is 7.11 Å². The van der Waals surface area contributed by atoms with Crippen LogP contribution in [-0.4, -0.2) is 38.4 Å². The van der Waals surface area contributed by atoms with E-state index in [9.17, 15) is 0 Å².